The minimum atomic E-state index is -0.427. The zero-order chi connectivity index (χ0) is 18.1. The number of carbonyl (C=O) groups excluding carboxylic acids is 1. The van der Waals surface area contributed by atoms with Gasteiger partial charge >= 0.3 is 0 Å². The van der Waals surface area contributed by atoms with Crippen LogP contribution in [0.4, 0.5) is 5.69 Å². The number of hydrogen-bond acceptors (Lipinski definition) is 5. The predicted molar refractivity (Wildman–Crippen MR) is 95.3 cm³/mol. The molecule has 2 aromatic heterocycles. The fourth-order valence-electron chi connectivity index (χ4n) is 2.29. The molecule has 1 aromatic carbocycles. The second-order valence-corrected chi connectivity index (χ2v) is 6.30. The zero-order valence-corrected chi connectivity index (χ0v) is 15.2. The maximum atomic E-state index is 12.5. The number of nitriles is 1. The van der Waals surface area contributed by atoms with Gasteiger partial charge in [0.25, 0.3) is 5.56 Å². The molecule has 1 amide bonds. The van der Waals surface area contributed by atoms with Crippen LogP contribution >= 0.6 is 27.5 Å². The van der Waals surface area contributed by atoms with Crippen molar-refractivity contribution in [3.05, 3.63) is 50.1 Å². The van der Waals surface area contributed by atoms with Crippen LogP contribution in [0.3, 0.4) is 0 Å². The van der Waals surface area contributed by atoms with Gasteiger partial charge in [0.1, 0.15) is 28.9 Å². The third-order valence-corrected chi connectivity index (χ3v) is 4.32. The van der Waals surface area contributed by atoms with Crippen LogP contribution in [0, 0.1) is 11.3 Å². The molecule has 25 heavy (non-hydrogen) atoms. The number of rotatable bonds is 3. The van der Waals surface area contributed by atoms with E-state index in [1.165, 1.54) is 27.7 Å². The molecule has 0 bridgehead atoms. The van der Waals surface area contributed by atoms with Gasteiger partial charge in [-0.15, -0.1) is 0 Å². The molecule has 0 aliphatic heterocycles. The highest BCUT2D eigenvalue weighted by molar-refractivity contribution is 9.10. The maximum absolute atomic E-state index is 12.5. The summed E-state index contributed by atoms with van der Waals surface area (Å²) in [7, 11) is 1.67. The summed E-state index contributed by atoms with van der Waals surface area (Å²) in [5.74, 6) is -0.427. The van der Waals surface area contributed by atoms with Crippen molar-refractivity contribution >= 4 is 50.2 Å². The Hall–Kier alpha value is -2.70. The summed E-state index contributed by atoms with van der Waals surface area (Å²) in [6.45, 7) is -0.221. The number of halogens is 2. The van der Waals surface area contributed by atoms with Crippen molar-refractivity contribution in [2.75, 3.05) is 5.32 Å². The number of aromatic nitrogens is 4. The Morgan fingerprint density at radius 3 is 2.92 bits per heavy atom. The molecule has 10 heteroatoms. The van der Waals surface area contributed by atoms with Crippen LogP contribution in [0.5, 0.6) is 0 Å². The van der Waals surface area contributed by atoms with Gasteiger partial charge in [0.15, 0.2) is 5.65 Å². The Morgan fingerprint density at radius 2 is 2.24 bits per heavy atom. The van der Waals surface area contributed by atoms with Crippen LogP contribution in [0.2, 0.25) is 5.02 Å². The SMILES string of the molecule is Cn1nc(Br)c2c(=O)n(CC(=O)Nc3ccc(C#N)c(Cl)c3)cnc21. The van der Waals surface area contributed by atoms with Gasteiger partial charge in [0, 0.05) is 12.7 Å². The molecule has 8 nitrogen and oxygen atoms in total. The normalized spacial score (nSPS) is 10.6. The fraction of sp³-hybridized carbons (Fsp3) is 0.133. The van der Waals surface area contributed by atoms with Crippen LogP contribution in [0.15, 0.2) is 33.9 Å². The highest BCUT2D eigenvalue weighted by Gasteiger charge is 2.15. The van der Waals surface area contributed by atoms with Crippen molar-refractivity contribution in [3.8, 4) is 6.07 Å². The van der Waals surface area contributed by atoms with Crippen molar-refractivity contribution in [2.45, 2.75) is 6.54 Å². The van der Waals surface area contributed by atoms with Crippen LogP contribution in [0.25, 0.3) is 11.0 Å². The first-order chi connectivity index (χ1) is 11.9. The molecule has 0 unspecified atom stereocenters. The molecule has 2 heterocycles. The van der Waals surface area contributed by atoms with E-state index in [0.717, 1.165) is 0 Å². The molecule has 0 aliphatic rings. The van der Waals surface area contributed by atoms with E-state index in [1.54, 1.807) is 13.1 Å². The summed E-state index contributed by atoms with van der Waals surface area (Å²) < 4.78 is 3.04. The first-order valence-corrected chi connectivity index (χ1v) is 8.15. The predicted octanol–water partition coefficient (Wildman–Crippen LogP) is 2.06. The summed E-state index contributed by atoms with van der Waals surface area (Å²) in [5.41, 5.74) is 0.788. The monoisotopic (exact) mass is 420 g/mol. The van der Waals surface area contributed by atoms with E-state index in [4.69, 9.17) is 16.9 Å². The first kappa shape index (κ1) is 17.1. The van der Waals surface area contributed by atoms with Gasteiger partial charge in [-0.2, -0.15) is 10.4 Å². The lowest BCUT2D eigenvalue weighted by Gasteiger charge is -2.08. The van der Waals surface area contributed by atoms with Gasteiger partial charge in [-0.25, -0.2) is 9.67 Å². The lowest BCUT2D eigenvalue weighted by atomic mass is 10.2. The molecular formula is C15H10BrClN6O2. The summed E-state index contributed by atoms with van der Waals surface area (Å²) in [6, 6.07) is 6.47. The number of benzene rings is 1. The standard InChI is InChI=1S/C15H10BrClN6O2/c1-22-14-12(13(16)21-22)15(25)23(7-19-14)6-11(24)20-9-3-2-8(5-18)10(17)4-9/h2-4,7H,6H2,1H3,(H,20,24). The van der Waals surface area contributed by atoms with Gasteiger partial charge in [0.2, 0.25) is 5.91 Å². The van der Waals surface area contributed by atoms with Crippen LogP contribution in [0.1, 0.15) is 5.56 Å². The number of carbonyl (C=O) groups is 1. The van der Waals surface area contributed by atoms with Crippen molar-refractivity contribution in [1.82, 2.24) is 19.3 Å². The van der Waals surface area contributed by atoms with Crippen molar-refractivity contribution in [1.29, 1.82) is 5.26 Å². The Kier molecular flexibility index (Phi) is 4.57. The van der Waals surface area contributed by atoms with Crippen molar-refractivity contribution in [2.24, 2.45) is 7.05 Å². The van der Waals surface area contributed by atoms with Gasteiger partial charge < -0.3 is 5.32 Å². The van der Waals surface area contributed by atoms with E-state index in [9.17, 15) is 9.59 Å². The van der Waals surface area contributed by atoms with E-state index in [-0.39, 0.29) is 17.1 Å². The lowest BCUT2D eigenvalue weighted by Crippen LogP contribution is -2.28. The third-order valence-electron chi connectivity index (χ3n) is 3.46. The Labute approximate surface area is 154 Å². The number of nitrogens with one attached hydrogen (secondary N) is 1. The number of nitrogens with zero attached hydrogens (tertiary/aromatic N) is 5. The molecule has 3 rings (SSSR count). The number of aryl methyl sites for hydroxylation is 1. The van der Waals surface area contributed by atoms with E-state index < -0.39 is 5.91 Å². The van der Waals surface area contributed by atoms with Gasteiger partial charge in [-0.05, 0) is 34.1 Å². The largest absolute Gasteiger partial charge is 0.324 e. The molecule has 0 saturated heterocycles. The summed E-state index contributed by atoms with van der Waals surface area (Å²) in [5, 5.41) is 16.1. The molecule has 0 aliphatic carbocycles. The van der Waals surface area contributed by atoms with Crippen LogP contribution in [-0.4, -0.2) is 25.2 Å². The highest BCUT2D eigenvalue weighted by Crippen LogP contribution is 2.20. The average molecular weight is 422 g/mol. The van der Waals surface area contributed by atoms with Crippen molar-refractivity contribution < 1.29 is 4.79 Å². The average Bonchev–Trinajstić information content (AvgIpc) is 2.85. The summed E-state index contributed by atoms with van der Waals surface area (Å²) in [6.07, 6.45) is 1.30. The molecule has 0 atom stereocenters. The number of fused-ring (bicyclic) bond motifs is 1. The first-order valence-electron chi connectivity index (χ1n) is 6.98. The Balaban J connectivity index is 1.84. The third kappa shape index (κ3) is 3.26. The van der Waals surface area contributed by atoms with Gasteiger partial charge in [0.05, 0.1) is 10.6 Å². The lowest BCUT2D eigenvalue weighted by molar-refractivity contribution is -0.116. The second-order valence-electron chi connectivity index (χ2n) is 5.15. The number of anilines is 1. The topological polar surface area (TPSA) is 106 Å². The van der Waals surface area contributed by atoms with Crippen LogP contribution < -0.4 is 10.9 Å². The fourth-order valence-corrected chi connectivity index (χ4v) is 3.09. The molecule has 126 valence electrons. The minimum Gasteiger partial charge on any atom is -0.324 e. The molecular weight excluding hydrogens is 412 g/mol. The summed E-state index contributed by atoms with van der Waals surface area (Å²) >= 11 is 9.15. The molecule has 0 saturated carbocycles. The Bertz CT molecular complexity index is 1100. The molecule has 3 aromatic rings. The van der Waals surface area contributed by atoms with E-state index in [0.29, 0.717) is 26.9 Å². The van der Waals surface area contributed by atoms with Gasteiger partial charge in [-0.3, -0.25) is 14.2 Å². The second kappa shape index (κ2) is 6.66. The zero-order valence-electron chi connectivity index (χ0n) is 12.8. The smallest absolute Gasteiger partial charge is 0.266 e. The minimum absolute atomic E-state index is 0.221. The van der Waals surface area contributed by atoms with Gasteiger partial charge in [-0.1, -0.05) is 11.6 Å². The number of hydrogen-bond donors (Lipinski definition) is 1. The molecule has 1 N–H and O–H groups in total. The number of amides is 1. The maximum Gasteiger partial charge on any atom is 0.266 e. The quantitative estimate of drug-likeness (QED) is 0.697. The van der Waals surface area contributed by atoms with E-state index in [2.05, 4.69) is 31.3 Å². The molecule has 0 fully saturated rings. The molecule has 0 spiro atoms. The van der Waals surface area contributed by atoms with Crippen LogP contribution in [-0.2, 0) is 18.4 Å². The van der Waals surface area contributed by atoms with E-state index >= 15 is 0 Å². The summed E-state index contributed by atoms with van der Waals surface area (Å²) in [4.78, 5) is 28.8. The molecule has 0 radical (unpaired) electrons. The Morgan fingerprint density at radius 1 is 1.48 bits per heavy atom. The highest BCUT2D eigenvalue weighted by atomic mass is 79.9. The van der Waals surface area contributed by atoms with E-state index in [1.807, 2.05) is 6.07 Å². The van der Waals surface area contributed by atoms with Crippen molar-refractivity contribution in [3.63, 3.8) is 0 Å².